The van der Waals surface area contributed by atoms with Crippen LogP contribution in [0.2, 0.25) is 0 Å². The number of aryl methyl sites for hydroxylation is 2. The third kappa shape index (κ3) is 6.18. The summed E-state index contributed by atoms with van der Waals surface area (Å²) in [6.45, 7) is 10.3. The first-order valence-electron chi connectivity index (χ1n) is 16.0. The molecule has 1 aliphatic carbocycles. The van der Waals surface area contributed by atoms with Crippen LogP contribution in [-0.4, -0.2) is 50.0 Å². The van der Waals surface area contributed by atoms with Gasteiger partial charge in [0.2, 0.25) is 0 Å². The van der Waals surface area contributed by atoms with Crippen molar-refractivity contribution in [1.29, 1.82) is 0 Å². The second kappa shape index (κ2) is 13.4. The number of anilines is 2. The van der Waals surface area contributed by atoms with Gasteiger partial charge in [0.1, 0.15) is 6.29 Å². The molecule has 1 saturated carbocycles. The van der Waals surface area contributed by atoms with Crippen molar-refractivity contribution in [2.45, 2.75) is 84.2 Å². The normalized spacial score (nSPS) is 16.5. The molecule has 3 N–H and O–H groups in total. The van der Waals surface area contributed by atoms with Gasteiger partial charge >= 0.3 is 0 Å². The van der Waals surface area contributed by atoms with Gasteiger partial charge in [0.25, 0.3) is 11.5 Å². The first-order valence-corrected chi connectivity index (χ1v) is 16.0. The second-order valence-corrected chi connectivity index (χ2v) is 12.4. The molecular weight excluding hydrogens is 552 g/mol. The molecule has 3 aromatic rings. The molecule has 234 valence electrons. The summed E-state index contributed by atoms with van der Waals surface area (Å²) in [4.78, 5) is 44.1. The molecule has 0 radical (unpaired) electrons. The third-order valence-corrected chi connectivity index (χ3v) is 9.71. The molecule has 2 aromatic carbocycles. The molecule has 0 atom stereocenters. The average molecular weight is 599 g/mol. The fourth-order valence-corrected chi connectivity index (χ4v) is 7.21. The van der Waals surface area contributed by atoms with Crippen molar-refractivity contribution in [3.8, 4) is 11.1 Å². The lowest BCUT2D eigenvalue weighted by molar-refractivity contribution is -0.112. The number of ether oxygens (including phenoxy) is 1. The largest absolute Gasteiger partial charge is 0.388 e. The van der Waals surface area contributed by atoms with Gasteiger partial charge in [-0.25, -0.2) is 0 Å². The van der Waals surface area contributed by atoms with Crippen LogP contribution in [0.4, 0.5) is 11.4 Å². The zero-order valence-electron chi connectivity index (χ0n) is 26.8. The molecule has 5 rings (SSSR count). The van der Waals surface area contributed by atoms with Crippen LogP contribution in [0.15, 0.2) is 41.2 Å². The molecule has 0 bridgehead atoms. The summed E-state index contributed by atoms with van der Waals surface area (Å²) in [5.74, 6) is -0.218. The van der Waals surface area contributed by atoms with Crippen LogP contribution in [0, 0.1) is 20.8 Å². The zero-order valence-corrected chi connectivity index (χ0v) is 26.8. The molecule has 2 fully saturated rings. The summed E-state index contributed by atoms with van der Waals surface area (Å²) in [7, 11) is 1.90. The number of aromatic nitrogens is 1. The molecular formula is C36H46N4O4. The first-order chi connectivity index (χ1) is 21.2. The second-order valence-electron chi connectivity index (χ2n) is 12.4. The summed E-state index contributed by atoms with van der Waals surface area (Å²) < 4.78 is 5.66. The van der Waals surface area contributed by atoms with E-state index in [0.29, 0.717) is 17.2 Å². The van der Waals surface area contributed by atoms with Gasteiger partial charge in [-0.05, 0) is 105 Å². The van der Waals surface area contributed by atoms with Crippen molar-refractivity contribution >= 4 is 23.6 Å². The molecule has 1 saturated heterocycles. The molecule has 0 spiro atoms. The number of pyridine rings is 1. The van der Waals surface area contributed by atoms with E-state index in [1.807, 2.05) is 40.0 Å². The smallest absolute Gasteiger partial charge is 0.253 e. The van der Waals surface area contributed by atoms with Crippen LogP contribution in [0.1, 0.15) is 83.8 Å². The van der Waals surface area contributed by atoms with Crippen molar-refractivity contribution in [3.63, 3.8) is 0 Å². The maximum atomic E-state index is 13.9. The number of aldehydes is 1. The van der Waals surface area contributed by atoms with Gasteiger partial charge in [-0.3, -0.25) is 9.59 Å². The lowest BCUT2D eigenvalue weighted by Gasteiger charge is -2.37. The molecule has 1 aromatic heterocycles. The van der Waals surface area contributed by atoms with Crippen LogP contribution < -0.4 is 21.1 Å². The number of rotatable bonds is 10. The van der Waals surface area contributed by atoms with Crippen LogP contribution in [0.5, 0.6) is 0 Å². The minimum absolute atomic E-state index is 0.142. The maximum absolute atomic E-state index is 13.9. The molecule has 8 heteroatoms. The van der Waals surface area contributed by atoms with Crippen molar-refractivity contribution in [2.24, 2.45) is 0 Å². The fraction of sp³-hybridized carbons (Fsp3) is 0.472. The van der Waals surface area contributed by atoms with E-state index in [4.69, 9.17) is 4.74 Å². The molecule has 0 unspecified atom stereocenters. The Morgan fingerprint density at radius 1 is 1.07 bits per heavy atom. The van der Waals surface area contributed by atoms with E-state index in [1.165, 1.54) is 0 Å². The number of carbonyl (C=O) groups excluding carboxylic acids is 2. The van der Waals surface area contributed by atoms with Crippen LogP contribution in [0.3, 0.4) is 0 Å². The van der Waals surface area contributed by atoms with Gasteiger partial charge < -0.3 is 30.0 Å². The fourth-order valence-electron chi connectivity index (χ4n) is 7.21. The van der Waals surface area contributed by atoms with E-state index in [9.17, 15) is 14.4 Å². The number of amides is 1. The summed E-state index contributed by atoms with van der Waals surface area (Å²) >= 11 is 0. The van der Waals surface area contributed by atoms with E-state index in [0.717, 1.165) is 109 Å². The Kier molecular flexibility index (Phi) is 9.59. The Hall–Kier alpha value is -3.91. The summed E-state index contributed by atoms with van der Waals surface area (Å²) in [6.07, 6.45) is 6.83. The molecule has 1 amide bonds. The number of carbonyl (C=O) groups is 2. The van der Waals surface area contributed by atoms with Gasteiger partial charge in [0, 0.05) is 67.6 Å². The zero-order chi connectivity index (χ0) is 31.4. The monoisotopic (exact) mass is 598 g/mol. The molecule has 2 aliphatic rings. The number of H-pyrrole nitrogens is 1. The van der Waals surface area contributed by atoms with Gasteiger partial charge in [-0.2, -0.15) is 0 Å². The van der Waals surface area contributed by atoms with E-state index in [2.05, 4.69) is 51.7 Å². The lowest BCUT2D eigenvalue weighted by atomic mass is 9.78. The molecule has 2 heterocycles. The number of benzene rings is 2. The van der Waals surface area contributed by atoms with E-state index in [-0.39, 0.29) is 18.0 Å². The van der Waals surface area contributed by atoms with Crippen LogP contribution in [-0.2, 0) is 21.5 Å². The predicted molar refractivity (Wildman–Crippen MR) is 177 cm³/mol. The van der Waals surface area contributed by atoms with E-state index < -0.39 is 5.41 Å². The van der Waals surface area contributed by atoms with Gasteiger partial charge in [-0.1, -0.05) is 25.0 Å². The first kappa shape index (κ1) is 31.5. The van der Waals surface area contributed by atoms with Crippen molar-refractivity contribution in [2.75, 3.05) is 37.0 Å². The molecule has 8 nitrogen and oxygen atoms in total. The lowest BCUT2D eigenvalue weighted by Crippen LogP contribution is -2.40. The number of aromatic amines is 1. The quantitative estimate of drug-likeness (QED) is 0.249. The summed E-state index contributed by atoms with van der Waals surface area (Å²) in [6, 6.07) is 12.7. The predicted octanol–water partition coefficient (Wildman–Crippen LogP) is 5.95. The Bertz CT molecular complexity index is 1580. The van der Waals surface area contributed by atoms with Crippen molar-refractivity contribution in [1.82, 2.24) is 10.3 Å². The van der Waals surface area contributed by atoms with Crippen molar-refractivity contribution < 1.29 is 14.3 Å². The summed E-state index contributed by atoms with van der Waals surface area (Å²) in [5, 5.41) is 6.38. The van der Waals surface area contributed by atoms with Gasteiger partial charge in [-0.15, -0.1) is 0 Å². The molecule has 1 aliphatic heterocycles. The number of hydrogen-bond acceptors (Lipinski definition) is 6. The number of nitrogens with one attached hydrogen (secondary N) is 3. The SMILES string of the molecule is CCN(c1cc(-c2ccc(C3(C=O)CCCC3)c(NC)c2)cc(C(=O)NCc2c(C)cc(C)[nH]c2=O)c1C)C1CCOCC1. The third-order valence-electron chi connectivity index (χ3n) is 9.71. The minimum Gasteiger partial charge on any atom is -0.388 e. The highest BCUT2D eigenvalue weighted by Gasteiger charge is 2.37. The highest BCUT2D eigenvalue weighted by Crippen LogP contribution is 2.44. The number of hydrogen-bond donors (Lipinski definition) is 3. The highest BCUT2D eigenvalue weighted by molar-refractivity contribution is 5.99. The Balaban J connectivity index is 1.57. The van der Waals surface area contributed by atoms with Gasteiger partial charge in [0.15, 0.2) is 0 Å². The Morgan fingerprint density at radius 2 is 1.80 bits per heavy atom. The topological polar surface area (TPSA) is 104 Å². The molecule has 44 heavy (non-hydrogen) atoms. The maximum Gasteiger partial charge on any atom is 0.253 e. The summed E-state index contributed by atoms with van der Waals surface area (Å²) in [5.41, 5.74) is 7.98. The highest BCUT2D eigenvalue weighted by atomic mass is 16.5. The van der Waals surface area contributed by atoms with E-state index >= 15 is 0 Å². The van der Waals surface area contributed by atoms with E-state index in [1.54, 1.807) is 0 Å². The number of nitrogens with zero attached hydrogens (tertiary/aromatic N) is 1. The Morgan fingerprint density at radius 3 is 2.43 bits per heavy atom. The standard InChI is InChI=1S/C36H46N4O4/c1-6-40(28-11-15-44-16-12-28)33-20-27(26-9-10-31(32(19-26)37-5)36(22-41)13-7-8-14-36)18-29(25(33)4)34(42)38-21-30-23(2)17-24(3)39-35(30)43/h9-10,17-20,22,28,37H,6-8,11-16,21H2,1-5H3,(H,38,42)(H,39,43). The van der Waals surface area contributed by atoms with Crippen LogP contribution >= 0.6 is 0 Å². The van der Waals surface area contributed by atoms with Crippen LogP contribution in [0.25, 0.3) is 11.1 Å². The van der Waals surface area contributed by atoms with Crippen molar-refractivity contribution in [3.05, 3.63) is 80.3 Å². The minimum atomic E-state index is -0.450. The Labute approximate surface area is 260 Å². The average Bonchev–Trinajstić information content (AvgIpc) is 3.52. The van der Waals surface area contributed by atoms with Gasteiger partial charge in [0.05, 0.1) is 5.41 Å².